The molecule has 0 spiro atoms. The topological polar surface area (TPSA) is 21.3 Å². The maximum absolute atomic E-state index is 14.0. The van der Waals surface area contributed by atoms with Gasteiger partial charge >= 0.3 is 0 Å². The normalized spacial score (nSPS) is 17.2. The molecule has 0 heterocycles. The summed E-state index contributed by atoms with van der Waals surface area (Å²) in [7, 11) is 1.65. The number of hydrogen-bond donors (Lipinski definition) is 1. The maximum Gasteiger partial charge on any atom is 0.147 e. The van der Waals surface area contributed by atoms with Gasteiger partial charge in [-0.05, 0) is 54.7 Å². The van der Waals surface area contributed by atoms with Crippen LogP contribution in [0.5, 0.6) is 5.75 Å². The van der Waals surface area contributed by atoms with E-state index in [1.807, 2.05) is 12.1 Å². The van der Waals surface area contributed by atoms with E-state index in [1.165, 1.54) is 17.2 Å². The predicted molar refractivity (Wildman–Crippen MR) is 83.7 cm³/mol. The fraction of sp³-hybridized carbons (Fsp3) is 0.294. The molecule has 2 nitrogen and oxygen atoms in total. The number of hydrogen-bond acceptors (Lipinski definition) is 2. The van der Waals surface area contributed by atoms with Gasteiger partial charge in [-0.1, -0.05) is 23.7 Å². The van der Waals surface area contributed by atoms with Crippen molar-refractivity contribution in [2.24, 2.45) is 0 Å². The quantitative estimate of drug-likeness (QED) is 0.863. The molecule has 0 aliphatic heterocycles. The van der Waals surface area contributed by atoms with E-state index in [2.05, 4.69) is 11.4 Å². The van der Waals surface area contributed by atoms with Crippen LogP contribution in [0.15, 0.2) is 36.4 Å². The van der Waals surface area contributed by atoms with Gasteiger partial charge in [0.25, 0.3) is 0 Å². The summed E-state index contributed by atoms with van der Waals surface area (Å²) in [6, 6.07) is 10.9. The molecule has 0 amide bonds. The summed E-state index contributed by atoms with van der Waals surface area (Å²) in [5.41, 5.74) is 2.83. The molecule has 3 rings (SSSR count). The summed E-state index contributed by atoms with van der Waals surface area (Å²) in [6.07, 6.45) is 3.07. The fourth-order valence-corrected chi connectivity index (χ4v) is 3.08. The molecule has 2 aromatic rings. The van der Waals surface area contributed by atoms with Gasteiger partial charge in [-0.2, -0.15) is 0 Å². The summed E-state index contributed by atoms with van der Waals surface area (Å²) in [6.45, 7) is 0. The summed E-state index contributed by atoms with van der Waals surface area (Å²) >= 11 is 6.11. The number of methoxy groups -OCH3 is 1. The minimum atomic E-state index is -0.322. The predicted octanol–water partition coefficient (Wildman–Crippen LogP) is 4.98. The zero-order valence-corrected chi connectivity index (χ0v) is 12.6. The zero-order chi connectivity index (χ0) is 14.8. The minimum Gasteiger partial charge on any atom is -0.497 e. The van der Waals surface area contributed by atoms with Gasteiger partial charge in [-0.15, -0.1) is 0 Å². The third-order valence-corrected chi connectivity index (χ3v) is 4.26. The molecular formula is C17H17ClFNO. The van der Waals surface area contributed by atoms with Crippen LogP contribution in [0.25, 0.3) is 0 Å². The lowest BCUT2D eigenvalue weighted by Gasteiger charge is -2.28. The molecule has 0 fully saturated rings. The Morgan fingerprint density at radius 3 is 2.90 bits per heavy atom. The molecular weight excluding hydrogens is 289 g/mol. The lowest BCUT2D eigenvalue weighted by molar-refractivity contribution is 0.413. The monoisotopic (exact) mass is 305 g/mol. The van der Waals surface area contributed by atoms with Crippen molar-refractivity contribution in [2.45, 2.75) is 25.3 Å². The average Bonchev–Trinajstić information content (AvgIpc) is 2.50. The molecule has 1 aliphatic rings. The van der Waals surface area contributed by atoms with E-state index >= 15 is 0 Å². The molecule has 0 radical (unpaired) electrons. The number of rotatable bonds is 3. The number of aryl methyl sites for hydroxylation is 1. The van der Waals surface area contributed by atoms with Crippen LogP contribution in [0, 0.1) is 5.82 Å². The third kappa shape index (κ3) is 2.84. The van der Waals surface area contributed by atoms with Crippen molar-refractivity contribution in [1.29, 1.82) is 0 Å². The van der Waals surface area contributed by atoms with Gasteiger partial charge in [0.1, 0.15) is 11.6 Å². The molecule has 4 heteroatoms. The van der Waals surface area contributed by atoms with Crippen molar-refractivity contribution >= 4 is 17.3 Å². The molecule has 110 valence electrons. The first-order valence-electron chi connectivity index (χ1n) is 7.06. The van der Waals surface area contributed by atoms with Gasteiger partial charge in [-0.3, -0.25) is 0 Å². The van der Waals surface area contributed by atoms with Gasteiger partial charge in [0.2, 0.25) is 0 Å². The van der Waals surface area contributed by atoms with Crippen LogP contribution in [0.4, 0.5) is 10.1 Å². The summed E-state index contributed by atoms with van der Waals surface area (Å²) in [5.74, 6) is 0.500. The van der Waals surface area contributed by atoms with Crippen molar-refractivity contribution in [3.8, 4) is 5.75 Å². The SMILES string of the molecule is COc1ccc2c(c1)C(Nc1c(F)cccc1Cl)CCC2. The second kappa shape index (κ2) is 5.94. The van der Waals surface area contributed by atoms with Crippen molar-refractivity contribution in [3.05, 3.63) is 58.4 Å². The number of halogens is 2. The Morgan fingerprint density at radius 1 is 1.29 bits per heavy atom. The van der Waals surface area contributed by atoms with Gasteiger partial charge < -0.3 is 10.1 Å². The van der Waals surface area contributed by atoms with Gasteiger partial charge in [0.05, 0.1) is 23.9 Å². The summed E-state index contributed by atoms with van der Waals surface area (Å²) in [5, 5.41) is 3.67. The Balaban J connectivity index is 1.95. The molecule has 1 N–H and O–H groups in total. The van der Waals surface area contributed by atoms with Crippen LogP contribution < -0.4 is 10.1 Å². The van der Waals surface area contributed by atoms with Crippen molar-refractivity contribution in [1.82, 2.24) is 0 Å². The van der Waals surface area contributed by atoms with Crippen molar-refractivity contribution in [3.63, 3.8) is 0 Å². The van der Waals surface area contributed by atoms with E-state index in [4.69, 9.17) is 16.3 Å². The smallest absolute Gasteiger partial charge is 0.147 e. The number of benzene rings is 2. The van der Waals surface area contributed by atoms with Gasteiger partial charge in [-0.25, -0.2) is 4.39 Å². The van der Waals surface area contributed by atoms with E-state index in [-0.39, 0.29) is 11.9 Å². The van der Waals surface area contributed by atoms with E-state index in [0.717, 1.165) is 25.0 Å². The number of fused-ring (bicyclic) bond motifs is 1. The molecule has 1 atom stereocenters. The maximum atomic E-state index is 14.0. The van der Waals surface area contributed by atoms with E-state index in [1.54, 1.807) is 19.2 Å². The number of nitrogens with one attached hydrogen (secondary N) is 1. The van der Waals surface area contributed by atoms with Crippen LogP contribution in [0.2, 0.25) is 5.02 Å². The Bertz CT molecular complexity index is 639. The molecule has 0 saturated heterocycles. The highest BCUT2D eigenvalue weighted by Crippen LogP contribution is 2.37. The van der Waals surface area contributed by atoms with Crippen LogP contribution in [0.1, 0.15) is 30.0 Å². The van der Waals surface area contributed by atoms with Crippen molar-refractivity contribution < 1.29 is 9.13 Å². The molecule has 0 bridgehead atoms. The summed E-state index contributed by atoms with van der Waals surface area (Å²) < 4.78 is 19.3. The summed E-state index contributed by atoms with van der Waals surface area (Å²) in [4.78, 5) is 0. The lowest BCUT2D eigenvalue weighted by Crippen LogP contribution is -2.18. The first-order chi connectivity index (χ1) is 10.2. The second-order valence-corrected chi connectivity index (χ2v) is 5.66. The van der Waals surface area contributed by atoms with Gasteiger partial charge in [0, 0.05) is 0 Å². The second-order valence-electron chi connectivity index (χ2n) is 5.25. The Labute approximate surface area is 128 Å². The number of para-hydroxylation sites is 1. The molecule has 2 aromatic carbocycles. The van der Waals surface area contributed by atoms with Crippen LogP contribution in [0.3, 0.4) is 0 Å². The molecule has 1 unspecified atom stereocenters. The highest BCUT2D eigenvalue weighted by Gasteiger charge is 2.22. The highest BCUT2D eigenvalue weighted by atomic mass is 35.5. The minimum absolute atomic E-state index is 0.0539. The molecule has 1 aliphatic carbocycles. The molecule has 0 aromatic heterocycles. The Morgan fingerprint density at radius 2 is 2.14 bits per heavy atom. The largest absolute Gasteiger partial charge is 0.497 e. The van der Waals surface area contributed by atoms with E-state index in [9.17, 15) is 4.39 Å². The Hall–Kier alpha value is -1.74. The highest BCUT2D eigenvalue weighted by molar-refractivity contribution is 6.33. The van der Waals surface area contributed by atoms with Crippen LogP contribution in [-0.2, 0) is 6.42 Å². The first kappa shape index (κ1) is 14.2. The number of ether oxygens (including phenoxy) is 1. The van der Waals surface area contributed by atoms with Crippen molar-refractivity contribution in [2.75, 3.05) is 12.4 Å². The van der Waals surface area contributed by atoms with Crippen LogP contribution >= 0.6 is 11.6 Å². The molecule has 0 saturated carbocycles. The van der Waals surface area contributed by atoms with Gasteiger partial charge in [0.15, 0.2) is 0 Å². The van der Waals surface area contributed by atoms with E-state index in [0.29, 0.717) is 10.7 Å². The molecule has 21 heavy (non-hydrogen) atoms. The number of anilines is 1. The Kier molecular flexibility index (Phi) is 4.02. The zero-order valence-electron chi connectivity index (χ0n) is 11.8. The lowest BCUT2D eigenvalue weighted by atomic mass is 9.87. The third-order valence-electron chi connectivity index (χ3n) is 3.95. The average molecular weight is 306 g/mol. The fourth-order valence-electron chi connectivity index (χ4n) is 2.86. The standard InChI is InChI=1S/C17H17ClFNO/c1-21-12-9-8-11-4-2-7-16(13(11)10-12)20-17-14(18)5-3-6-15(17)19/h3,5-6,8-10,16,20H,2,4,7H2,1H3. The first-order valence-corrected chi connectivity index (χ1v) is 7.44. The van der Waals surface area contributed by atoms with Crippen LogP contribution in [-0.4, -0.2) is 7.11 Å². The van der Waals surface area contributed by atoms with E-state index < -0.39 is 0 Å².